The molecule has 1 aliphatic heterocycles. The second-order valence-electron chi connectivity index (χ2n) is 4.04. The van der Waals surface area contributed by atoms with E-state index in [0.717, 1.165) is 25.9 Å². The fourth-order valence-corrected chi connectivity index (χ4v) is 2.16. The highest BCUT2D eigenvalue weighted by Crippen LogP contribution is 2.14. The molecule has 0 N–H and O–H groups in total. The van der Waals surface area contributed by atoms with Crippen LogP contribution in [0.1, 0.15) is 18.4 Å². The van der Waals surface area contributed by atoms with Crippen LogP contribution in [0.5, 0.6) is 0 Å². The molecular weight excluding hydrogens is 218 g/mol. The monoisotopic (exact) mass is 235 g/mol. The molecule has 1 aliphatic rings. The molecule has 0 aliphatic carbocycles. The summed E-state index contributed by atoms with van der Waals surface area (Å²) in [6, 6.07) is 10.4. The summed E-state index contributed by atoms with van der Waals surface area (Å²) in [6.07, 6.45) is 6.35. The van der Waals surface area contributed by atoms with Crippen LogP contribution in [0.15, 0.2) is 42.7 Å². The van der Waals surface area contributed by atoms with E-state index in [1.165, 1.54) is 5.56 Å². The maximum atomic E-state index is 5.52. The van der Waals surface area contributed by atoms with E-state index in [-0.39, 0.29) is 6.10 Å². The highest BCUT2D eigenvalue weighted by atomic mass is 32.1. The Hall–Kier alpha value is -0.930. The van der Waals surface area contributed by atoms with Gasteiger partial charge in [-0.3, -0.25) is 0 Å². The van der Waals surface area contributed by atoms with Gasteiger partial charge in [-0.05, 0) is 24.5 Å². The van der Waals surface area contributed by atoms with Crippen molar-refractivity contribution in [2.45, 2.75) is 25.5 Å². The van der Waals surface area contributed by atoms with E-state index in [1.807, 2.05) is 10.4 Å². The average Bonchev–Trinajstić information content (AvgIpc) is 2.31. The first kappa shape index (κ1) is 11.6. The van der Waals surface area contributed by atoms with Gasteiger partial charge in [0.25, 0.3) is 0 Å². The predicted molar refractivity (Wildman–Crippen MR) is 69.1 cm³/mol. The van der Waals surface area contributed by atoms with Gasteiger partial charge in [-0.1, -0.05) is 43.1 Å². The van der Waals surface area contributed by atoms with Crippen LogP contribution in [-0.2, 0) is 11.3 Å². The standard InChI is InChI=1S/C13H17NOS/c16-14(10-12-6-2-1-3-7-12)11-13-8-4-5-9-15-13/h1-3,5-7,9,13,16H,4,8,10-11H2. The van der Waals surface area contributed by atoms with Crippen molar-refractivity contribution >= 4 is 12.8 Å². The molecule has 1 unspecified atom stereocenters. The number of nitrogens with zero attached hydrogens (tertiary/aromatic N) is 1. The second kappa shape index (κ2) is 5.97. The van der Waals surface area contributed by atoms with Gasteiger partial charge in [-0.25, -0.2) is 4.31 Å². The Morgan fingerprint density at radius 3 is 2.81 bits per heavy atom. The maximum Gasteiger partial charge on any atom is 0.112 e. The van der Waals surface area contributed by atoms with E-state index < -0.39 is 0 Å². The summed E-state index contributed by atoms with van der Waals surface area (Å²) < 4.78 is 7.53. The Morgan fingerprint density at radius 1 is 1.31 bits per heavy atom. The number of allylic oxidation sites excluding steroid dienone is 1. The SMILES string of the molecule is SN(Cc1ccccc1)CC1CCC=CO1. The topological polar surface area (TPSA) is 12.5 Å². The molecule has 0 saturated heterocycles. The van der Waals surface area contributed by atoms with Gasteiger partial charge in [0, 0.05) is 13.1 Å². The molecule has 0 spiro atoms. The molecule has 16 heavy (non-hydrogen) atoms. The molecule has 2 rings (SSSR count). The molecule has 1 atom stereocenters. The smallest absolute Gasteiger partial charge is 0.112 e. The molecule has 1 aromatic carbocycles. The first-order chi connectivity index (χ1) is 7.84. The van der Waals surface area contributed by atoms with Crippen molar-refractivity contribution in [3.8, 4) is 0 Å². The molecular formula is C13H17NOS. The van der Waals surface area contributed by atoms with Crippen molar-refractivity contribution in [2.75, 3.05) is 6.54 Å². The average molecular weight is 235 g/mol. The van der Waals surface area contributed by atoms with E-state index in [0.29, 0.717) is 0 Å². The van der Waals surface area contributed by atoms with E-state index in [2.05, 4.69) is 43.2 Å². The van der Waals surface area contributed by atoms with Crippen molar-refractivity contribution in [3.63, 3.8) is 0 Å². The molecule has 2 nitrogen and oxygen atoms in total. The minimum atomic E-state index is 0.284. The minimum absolute atomic E-state index is 0.284. The molecule has 1 heterocycles. The number of ether oxygens (including phenoxy) is 1. The van der Waals surface area contributed by atoms with Crippen molar-refractivity contribution in [2.24, 2.45) is 0 Å². The van der Waals surface area contributed by atoms with Gasteiger partial charge in [0.1, 0.15) is 6.10 Å². The third-order valence-electron chi connectivity index (χ3n) is 2.64. The molecule has 0 aromatic heterocycles. The highest BCUT2D eigenvalue weighted by molar-refractivity contribution is 7.77. The summed E-state index contributed by atoms with van der Waals surface area (Å²) in [7, 11) is 0. The molecule has 0 amide bonds. The summed E-state index contributed by atoms with van der Waals surface area (Å²) in [5.41, 5.74) is 1.28. The Labute approximate surface area is 102 Å². The molecule has 1 aromatic rings. The van der Waals surface area contributed by atoms with Gasteiger partial charge in [-0.2, -0.15) is 0 Å². The first-order valence-electron chi connectivity index (χ1n) is 5.63. The lowest BCUT2D eigenvalue weighted by atomic mass is 10.1. The summed E-state index contributed by atoms with van der Waals surface area (Å²) in [5, 5.41) is 0. The van der Waals surface area contributed by atoms with Crippen LogP contribution >= 0.6 is 12.8 Å². The Morgan fingerprint density at radius 2 is 2.12 bits per heavy atom. The summed E-state index contributed by atoms with van der Waals surface area (Å²) in [4.78, 5) is 0. The van der Waals surface area contributed by atoms with Crippen LogP contribution in [0, 0.1) is 0 Å². The van der Waals surface area contributed by atoms with Gasteiger partial charge in [-0.15, -0.1) is 0 Å². The van der Waals surface area contributed by atoms with Crippen LogP contribution in [0.4, 0.5) is 0 Å². The van der Waals surface area contributed by atoms with E-state index in [9.17, 15) is 0 Å². The minimum Gasteiger partial charge on any atom is -0.497 e. The Bertz CT molecular complexity index is 339. The van der Waals surface area contributed by atoms with E-state index in [1.54, 1.807) is 6.26 Å². The van der Waals surface area contributed by atoms with Crippen LogP contribution < -0.4 is 0 Å². The van der Waals surface area contributed by atoms with Crippen LogP contribution in [0.3, 0.4) is 0 Å². The number of benzene rings is 1. The number of hydrogen-bond donors (Lipinski definition) is 1. The zero-order chi connectivity index (χ0) is 11.2. The van der Waals surface area contributed by atoms with Crippen molar-refractivity contribution in [3.05, 3.63) is 48.2 Å². The Balaban J connectivity index is 1.80. The number of thiol groups is 1. The number of hydrogen-bond acceptors (Lipinski definition) is 3. The predicted octanol–water partition coefficient (Wildman–Crippen LogP) is 3.03. The quantitative estimate of drug-likeness (QED) is 0.805. The lowest BCUT2D eigenvalue weighted by molar-refractivity contribution is 0.105. The van der Waals surface area contributed by atoms with Crippen LogP contribution in [0.25, 0.3) is 0 Å². The van der Waals surface area contributed by atoms with Gasteiger partial charge in [0.15, 0.2) is 0 Å². The molecule has 0 saturated carbocycles. The first-order valence-corrected chi connectivity index (χ1v) is 6.03. The molecule has 3 heteroatoms. The highest BCUT2D eigenvalue weighted by Gasteiger charge is 2.14. The summed E-state index contributed by atoms with van der Waals surface area (Å²) in [5.74, 6) is 0. The van der Waals surface area contributed by atoms with Crippen LogP contribution in [-0.4, -0.2) is 17.0 Å². The fraction of sp³-hybridized carbons (Fsp3) is 0.385. The van der Waals surface area contributed by atoms with Crippen molar-refractivity contribution in [1.29, 1.82) is 0 Å². The fourth-order valence-electron chi connectivity index (χ4n) is 1.81. The largest absolute Gasteiger partial charge is 0.497 e. The normalized spacial score (nSPS) is 19.8. The Kier molecular flexibility index (Phi) is 4.31. The zero-order valence-corrected chi connectivity index (χ0v) is 10.1. The molecule has 0 fully saturated rings. The van der Waals surface area contributed by atoms with Crippen molar-refractivity contribution < 1.29 is 4.74 Å². The van der Waals surface area contributed by atoms with E-state index in [4.69, 9.17) is 4.74 Å². The lowest BCUT2D eigenvalue weighted by Gasteiger charge is -2.24. The summed E-state index contributed by atoms with van der Waals surface area (Å²) in [6.45, 7) is 1.72. The maximum absolute atomic E-state index is 5.52. The summed E-state index contributed by atoms with van der Waals surface area (Å²) >= 11 is 4.48. The molecule has 0 bridgehead atoms. The molecule has 0 radical (unpaired) electrons. The third kappa shape index (κ3) is 3.58. The van der Waals surface area contributed by atoms with Gasteiger partial charge >= 0.3 is 0 Å². The van der Waals surface area contributed by atoms with Gasteiger partial charge in [0.2, 0.25) is 0 Å². The second-order valence-corrected chi connectivity index (χ2v) is 4.61. The third-order valence-corrected chi connectivity index (χ3v) is 2.95. The molecule has 86 valence electrons. The zero-order valence-electron chi connectivity index (χ0n) is 9.25. The van der Waals surface area contributed by atoms with Gasteiger partial charge in [0.05, 0.1) is 6.26 Å². The number of rotatable bonds is 4. The van der Waals surface area contributed by atoms with Gasteiger partial charge < -0.3 is 4.74 Å². The van der Waals surface area contributed by atoms with Crippen molar-refractivity contribution in [1.82, 2.24) is 4.31 Å². The van der Waals surface area contributed by atoms with E-state index >= 15 is 0 Å². The van der Waals surface area contributed by atoms with Crippen LogP contribution in [0.2, 0.25) is 0 Å². The lowest BCUT2D eigenvalue weighted by Crippen LogP contribution is -2.27.